The van der Waals surface area contributed by atoms with Gasteiger partial charge in [0.15, 0.2) is 0 Å². The number of aromatic hydroxyl groups is 1. The van der Waals surface area contributed by atoms with E-state index in [1.54, 1.807) is 12.1 Å². The second kappa shape index (κ2) is 3.91. The minimum absolute atomic E-state index is 0.172. The molecule has 0 aliphatic rings. The average molecular weight is 220 g/mol. The van der Waals surface area contributed by atoms with E-state index in [1.165, 1.54) is 6.20 Å². The zero-order valence-electron chi connectivity index (χ0n) is 8.24. The molecule has 76 valence electrons. The highest BCUT2D eigenvalue weighted by atomic mass is 35.5. The molecule has 1 aromatic heterocycles. The minimum Gasteiger partial charge on any atom is -0.506 e. The summed E-state index contributed by atoms with van der Waals surface area (Å²) < 4.78 is 0. The Balaban J connectivity index is 2.49. The largest absolute Gasteiger partial charge is 0.506 e. The summed E-state index contributed by atoms with van der Waals surface area (Å²) in [5, 5.41) is 9.85. The van der Waals surface area contributed by atoms with Crippen molar-refractivity contribution < 1.29 is 5.11 Å². The normalized spacial score (nSPS) is 10.3. The molecular formula is C12H10ClNO. The molecule has 0 saturated carbocycles. The molecule has 0 atom stereocenters. The van der Waals surface area contributed by atoms with Gasteiger partial charge in [0.2, 0.25) is 0 Å². The fraction of sp³-hybridized carbons (Fsp3) is 0.0833. The van der Waals surface area contributed by atoms with Crippen molar-refractivity contribution in [1.29, 1.82) is 0 Å². The zero-order chi connectivity index (χ0) is 10.8. The van der Waals surface area contributed by atoms with Crippen LogP contribution in [0.5, 0.6) is 5.75 Å². The number of nitrogens with zero attached hydrogens (tertiary/aromatic N) is 1. The molecule has 0 amide bonds. The van der Waals surface area contributed by atoms with Crippen LogP contribution in [0.4, 0.5) is 0 Å². The molecule has 0 aliphatic carbocycles. The van der Waals surface area contributed by atoms with E-state index in [2.05, 4.69) is 4.98 Å². The van der Waals surface area contributed by atoms with E-state index in [9.17, 15) is 0 Å². The summed E-state index contributed by atoms with van der Waals surface area (Å²) in [5.41, 5.74) is 2.93. The van der Waals surface area contributed by atoms with Gasteiger partial charge in [0.1, 0.15) is 5.75 Å². The third-order valence-corrected chi connectivity index (χ3v) is 2.45. The number of halogens is 1. The minimum atomic E-state index is 0.172. The summed E-state index contributed by atoms with van der Waals surface area (Å²) in [6.45, 7) is 1.98. The van der Waals surface area contributed by atoms with E-state index in [0.29, 0.717) is 0 Å². The maximum atomic E-state index is 9.13. The number of hydrogen-bond acceptors (Lipinski definition) is 2. The molecule has 2 nitrogen and oxygen atoms in total. The SMILES string of the molecule is Cc1cc(Cl)ccc1-c1ccc(O)cn1. The highest BCUT2D eigenvalue weighted by Gasteiger charge is 2.03. The van der Waals surface area contributed by atoms with E-state index >= 15 is 0 Å². The molecule has 2 aromatic rings. The van der Waals surface area contributed by atoms with Crippen molar-refractivity contribution in [3.63, 3.8) is 0 Å². The van der Waals surface area contributed by atoms with Gasteiger partial charge >= 0.3 is 0 Å². The molecule has 1 aromatic carbocycles. The molecule has 0 aliphatic heterocycles. The van der Waals surface area contributed by atoms with Gasteiger partial charge in [0.05, 0.1) is 11.9 Å². The van der Waals surface area contributed by atoms with Crippen LogP contribution >= 0.6 is 11.6 Å². The van der Waals surface area contributed by atoms with Gasteiger partial charge in [-0.1, -0.05) is 17.7 Å². The van der Waals surface area contributed by atoms with Gasteiger partial charge in [-0.15, -0.1) is 0 Å². The van der Waals surface area contributed by atoms with Crippen LogP contribution in [-0.2, 0) is 0 Å². The lowest BCUT2D eigenvalue weighted by Crippen LogP contribution is -1.86. The lowest BCUT2D eigenvalue weighted by Gasteiger charge is -2.05. The number of aromatic nitrogens is 1. The molecule has 1 heterocycles. The first-order valence-electron chi connectivity index (χ1n) is 4.58. The van der Waals surface area contributed by atoms with Gasteiger partial charge in [-0.2, -0.15) is 0 Å². The Bertz CT molecular complexity index is 479. The number of benzene rings is 1. The first-order chi connectivity index (χ1) is 7.16. The van der Waals surface area contributed by atoms with Crippen molar-refractivity contribution in [3.05, 3.63) is 47.1 Å². The van der Waals surface area contributed by atoms with Crippen LogP contribution in [0.1, 0.15) is 5.56 Å². The smallest absolute Gasteiger partial charge is 0.133 e. The fourth-order valence-electron chi connectivity index (χ4n) is 1.46. The topological polar surface area (TPSA) is 33.1 Å². The highest BCUT2D eigenvalue weighted by Crippen LogP contribution is 2.25. The summed E-state index contributed by atoms with van der Waals surface area (Å²) in [7, 11) is 0. The van der Waals surface area contributed by atoms with Crippen molar-refractivity contribution in [3.8, 4) is 17.0 Å². The third-order valence-electron chi connectivity index (χ3n) is 2.21. The van der Waals surface area contributed by atoms with Crippen LogP contribution in [0, 0.1) is 6.92 Å². The van der Waals surface area contributed by atoms with Crippen molar-refractivity contribution in [1.82, 2.24) is 4.98 Å². The molecule has 0 fully saturated rings. The number of hydrogen-bond donors (Lipinski definition) is 1. The predicted molar refractivity (Wildman–Crippen MR) is 61.1 cm³/mol. The summed E-state index contributed by atoms with van der Waals surface area (Å²) >= 11 is 5.87. The van der Waals surface area contributed by atoms with E-state index < -0.39 is 0 Å². The van der Waals surface area contributed by atoms with E-state index in [0.717, 1.165) is 21.8 Å². The molecule has 15 heavy (non-hydrogen) atoms. The Morgan fingerprint density at radius 2 is 2.00 bits per heavy atom. The Kier molecular flexibility index (Phi) is 2.60. The molecule has 1 N–H and O–H groups in total. The van der Waals surface area contributed by atoms with Gasteiger partial charge < -0.3 is 5.11 Å². The van der Waals surface area contributed by atoms with Crippen LogP contribution in [0.25, 0.3) is 11.3 Å². The molecule has 0 bridgehead atoms. The van der Waals surface area contributed by atoms with E-state index in [-0.39, 0.29) is 5.75 Å². The second-order valence-corrected chi connectivity index (χ2v) is 3.80. The third kappa shape index (κ3) is 2.10. The molecule has 0 saturated heterocycles. The molecular weight excluding hydrogens is 210 g/mol. The number of rotatable bonds is 1. The first-order valence-corrected chi connectivity index (χ1v) is 4.96. The Morgan fingerprint density at radius 1 is 1.20 bits per heavy atom. The van der Waals surface area contributed by atoms with E-state index in [1.807, 2.05) is 25.1 Å². The van der Waals surface area contributed by atoms with Crippen LogP contribution < -0.4 is 0 Å². The monoisotopic (exact) mass is 219 g/mol. The maximum absolute atomic E-state index is 9.13. The summed E-state index contributed by atoms with van der Waals surface area (Å²) in [6, 6.07) is 9.06. The molecule has 0 unspecified atom stereocenters. The van der Waals surface area contributed by atoms with Crippen LogP contribution in [0.2, 0.25) is 5.02 Å². The van der Waals surface area contributed by atoms with Gasteiger partial charge in [0.25, 0.3) is 0 Å². The summed E-state index contributed by atoms with van der Waals surface area (Å²) in [4.78, 5) is 4.15. The van der Waals surface area contributed by atoms with Gasteiger partial charge in [-0.05, 0) is 36.8 Å². The molecule has 2 rings (SSSR count). The lowest BCUT2D eigenvalue weighted by atomic mass is 10.1. The fourth-order valence-corrected chi connectivity index (χ4v) is 1.69. The van der Waals surface area contributed by atoms with E-state index in [4.69, 9.17) is 16.7 Å². The number of pyridine rings is 1. The predicted octanol–water partition coefficient (Wildman–Crippen LogP) is 3.42. The Hall–Kier alpha value is -1.54. The van der Waals surface area contributed by atoms with Gasteiger partial charge in [0, 0.05) is 10.6 Å². The van der Waals surface area contributed by atoms with Gasteiger partial charge in [-0.25, -0.2) is 0 Å². The number of aryl methyl sites for hydroxylation is 1. The van der Waals surface area contributed by atoms with Crippen LogP contribution in [-0.4, -0.2) is 10.1 Å². The maximum Gasteiger partial charge on any atom is 0.133 e. The standard InChI is InChI=1S/C12H10ClNO/c1-8-6-9(13)2-4-11(8)12-5-3-10(15)7-14-12/h2-7,15H,1H3. The van der Waals surface area contributed by atoms with Crippen molar-refractivity contribution >= 4 is 11.6 Å². The Morgan fingerprint density at radius 3 is 2.60 bits per heavy atom. The van der Waals surface area contributed by atoms with Crippen molar-refractivity contribution in [2.45, 2.75) is 6.92 Å². The van der Waals surface area contributed by atoms with Crippen LogP contribution in [0.3, 0.4) is 0 Å². The van der Waals surface area contributed by atoms with Crippen LogP contribution in [0.15, 0.2) is 36.5 Å². The van der Waals surface area contributed by atoms with Crippen molar-refractivity contribution in [2.24, 2.45) is 0 Å². The molecule has 0 radical (unpaired) electrons. The molecule has 0 spiro atoms. The first kappa shape index (κ1) is 9.99. The lowest BCUT2D eigenvalue weighted by molar-refractivity contribution is 0.473. The summed E-state index contributed by atoms with van der Waals surface area (Å²) in [5.74, 6) is 0.172. The zero-order valence-corrected chi connectivity index (χ0v) is 8.99. The molecule has 3 heteroatoms. The van der Waals surface area contributed by atoms with Crippen molar-refractivity contribution in [2.75, 3.05) is 0 Å². The highest BCUT2D eigenvalue weighted by molar-refractivity contribution is 6.30. The quantitative estimate of drug-likeness (QED) is 0.797. The Labute approximate surface area is 93.2 Å². The van der Waals surface area contributed by atoms with Gasteiger partial charge in [-0.3, -0.25) is 4.98 Å². The second-order valence-electron chi connectivity index (χ2n) is 3.36. The average Bonchev–Trinajstić information content (AvgIpc) is 2.20. The summed E-state index contributed by atoms with van der Waals surface area (Å²) in [6.07, 6.45) is 1.43.